The molecule has 2 aromatic heterocycles. The lowest BCUT2D eigenvalue weighted by atomic mass is 10.1. The number of rotatable bonds is 8. The van der Waals surface area contributed by atoms with E-state index in [1.54, 1.807) is 6.07 Å². The molecule has 1 saturated heterocycles. The normalized spacial score (nSPS) is 18.6. The van der Waals surface area contributed by atoms with E-state index >= 15 is 0 Å². The molecule has 2 N–H and O–H groups in total. The predicted molar refractivity (Wildman–Crippen MR) is 136 cm³/mol. The number of nitrogens with zero attached hydrogens (tertiary/aromatic N) is 5. The Morgan fingerprint density at radius 1 is 1.36 bits per heavy atom. The SMILES string of the molecule is Cn1c(=O)c(C(=O)NCc2ccc(C#N)c(F)c2)cc2cnnc(OCC3(S(=O)(=O)N4CCC(O)C4)CC3)c21. The van der Waals surface area contributed by atoms with Crippen LogP contribution >= 0.6 is 0 Å². The first kappa shape index (κ1) is 26.7. The van der Waals surface area contributed by atoms with Crippen LogP contribution in [0, 0.1) is 17.1 Å². The average Bonchev–Trinajstić information content (AvgIpc) is 3.60. The van der Waals surface area contributed by atoms with Crippen LogP contribution in [0.5, 0.6) is 5.88 Å². The Bertz CT molecular complexity index is 1680. The fourth-order valence-corrected chi connectivity index (χ4v) is 6.72. The number of aliphatic hydroxyl groups excluding tert-OH is 1. The van der Waals surface area contributed by atoms with E-state index < -0.39 is 38.2 Å². The first-order valence-electron chi connectivity index (χ1n) is 12.2. The van der Waals surface area contributed by atoms with Crippen LogP contribution in [0.15, 0.2) is 35.3 Å². The molecule has 1 saturated carbocycles. The number of benzene rings is 1. The van der Waals surface area contributed by atoms with Crippen molar-refractivity contribution in [1.82, 2.24) is 24.4 Å². The standard InChI is InChI=1S/C25H25FN6O6S/c1-31-21-17(9-19(24(31)35)22(34)28-11-15-2-3-16(10-27)20(26)8-15)12-29-30-23(21)38-14-25(5-6-25)39(36,37)32-7-4-18(33)13-32/h2-3,8-9,12,18,33H,4-7,11,13-14H2,1H3,(H,28,34). The lowest BCUT2D eigenvalue weighted by Crippen LogP contribution is -2.42. The van der Waals surface area contributed by atoms with Gasteiger partial charge in [0.25, 0.3) is 17.3 Å². The molecule has 1 aliphatic carbocycles. The highest BCUT2D eigenvalue weighted by Gasteiger charge is 2.58. The molecule has 3 heterocycles. The highest BCUT2D eigenvalue weighted by atomic mass is 32.2. The van der Waals surface area contributed by atoms with E-state index in [2.05, 4.69) is 15.5 Å². The second-order valence-corrected chi connectivity index (χ2v) is 12.1. The summed E-state index contributed by atoms with van der Waals surface area (Å²) in [6.07, 6.45) is 1.84. The lowest BCUT2D eigenvalue weighted by molar-refractivity contribution is 0.0949. The quantitative estimate of drug-likeness (QED) is 0.403. The van der Waals surface area contributed by atoms with Crippen molar-refractivity contribution in [3.8, 4) is 11.9 Å². The molecule has 1 unspecified atom stereocenters. The molecule has 0 radical (unpaired) electrons. The third-order valence-electron chi connectivity index (χ3n) is 7.14. The van der Waals surface area contributed by atoms with Crippen molar-refractivity contribution < 1.29 is 27.4 Å². The van der Waals surface area contributed by atoms with Crippen molar-refractivity contribution >= 4 is 26.8 Å². The Balaban J connectivity index is 1.35. The van der Waals surface area contributed by atoms with Crippen LogP contribution in [-0.4, -0.2) is 69.0 Å². The van der Waals surface area contributed by atoms with Gasteiger partial charge in [0.2, 0.25) is 10.0 Å². The van der Waals surface area contributed by atoms with Crippen LogP contribution in [0.3, 0.4) is 0 Å². The highest BCUT2D eigenvalue weighted by Crippen LogP contribution is 2.46. The van der Waals surface area contributed by atoms with E-state index in [1.807, 2.05) is 0 Å². The van der Waals surface area contributed by atoms with Gasteiger partial charge >= 0.3 is 0 Å². The summed E-state index contributed by atoms with van der Waals surface area (Å²) in [5.74, 6) is -1.46. The van der Waals surface area contributed by atoms with E-state index in [0.29, 0.717) is 30.2 Å². The molecule has 0 bridgehead atoms. The van der Waals surface area contributed by atoms with Crippen LogP contribution < -0.4 is 15.6 Å². The van der Waals surface area contributed by atoms with Gasteiger partial charge in [-0.3, -0.25) is 9.59 Å². The van der Waals surface area contributed by atoms with Gasteiger partial charge in [-0.25, -0.2) is 12.8 Å². The summed E-state index contributed by atoms with van der Waals surface area (Å²) in [6.45, 7) is 0.0277. The van der Waals surface area contributed by atoms with Gasteiger partial charge in [0, 0.05) is 32.1 Å². The molecule has 204 valence electrons. The zero-order valence-electron chi connectivity index (χ0n) is 20.9. The molecular weight excluding hydrogens is 531 g/mol. The van der Waals surface area contributed by atoms with Gasteiger partial charge < -0.3 is 19.7 Å². The average molecular weight is 557 g/mol. The monoisotopic (exact) mass is 556 g/mol. The van der Waals surface area contributed by atoms with Crippen LogP contribution in [0.4, 0.5) is 4.39 Å². The number of β-amino-alcohol motifs (C(OH)–C–C–N with tert-alkyl or cyclic N) is 1. The van der Waals surface area contributed by atoms with Crippen LogP contribution in [-0.2, 0) is 23.6 Å². The molecule has 3 aromatic rings. The Morgan fingerprint density at radius 3 is 2.77 bits per heavy atom. The van der Waals surface area contributed by atoms with Gasteiger partial charge in [-0.2, -0.15) is 14.7 Å². The number of hydrogen-bond donors (Lipinski definition) is 2. The minimum atomic E-state index is -3.72. The molecule has 1 aromatic carbocycles. The first-order valence-corrected chi connectivity index (χ1v) is 13.6. The molecule has 14 heteroatoms. The molecular formula is C25H25FN6O6S. The molecule has 1 atom stereocenters. The minimum absolute atomic E-state index is 0.0463. The number of carbonyl (C=O) groups is 1. The van der Waals surface area contributed by atoms with Gasteiger partial charge in [0.15, 0.2) is 0 Å². The van der Waals surface area contributed by atoms with Crippen molar-refractivity contribution in [2.45, 2.75) is 36.7 Å². The van der Waals surface area contributed by atoms with Crippen LogP contribution in [0.25, 0.3) is 10.9 Å². The zero-order valence-corrected chi connectivity index (χ0v) is 21.7. The number of hydrogen-bond acceptors (Lipinski definition) is 9. The number of aromatic nitrogens is 3. The maximum atomic E-state index is 13.9. The Kier molecular flexibility index (Phi) is 6.83. The van der Waals surface area contributed by atoms with Crippen molar-refractivity contribution in [3.63, 3.8) is 0 Å². The highest BCUT2D eigenvalue weighted by molar-refractivity contribution is 7.90. The van der Waals surface area contributed by atoms with E-state index in [9.17, 15) is 27.5 Å². The fraction of sp³-hybridized carbons (Fsp3) is 0.400. The summed E-state index contributed by atoms with van der Waals surface area (Å²) < 4.78 is 47.4. The fourth-order valence-electron chi connectivity index (χ4n) is 4.63. The number of halogens is 1. The number of sulfonamides is 1. The van der Waals surface area contributed by atoms with Crippen LogP contribution in [0.1, 0.15) is 40.7 Å². The molecule has 39 heavy (non-hydrogen) atoms. The van der Waals surface area contributed by atoms with Crippen molar-refractivity contribution in [2.75, 3.05) is 19.7 Å². The third-order valence-corrected chi connectivity index (χ3v) is 9.77. The first-order chi connectivity index (χ1) is 18.6. The number of aryl methyl sites for hydroxylation is 1. The Morgan fingerprint density at radius 2 is 2.13 bits per heavy atom. The topological polar surface area (TPSA) is 168 Å². The summed E-state index contributed by atoms with van der Waals surface area (Å²) in [5.41, 5.74) is -0.305. The van der Waals surface area contributed by atoms with E-state index in [0.717, 1.165) is 6.07 Å². The van der Waals surface area contributed by atoms with E-state index in [1.165, 1.54) is 40.3 Å². The summed E-state index contributed by atoms with van der Waals surface area (Å²) in [4.78, 5) is 25.9. The second-order valence-electron chi connectivity index (χ2n) is 9.76. The zero-order chi connectivity index (χ0) is 27.9. The van der Waals surface area contributed by atoms with Crippen molar-refractivity contribution in [2.24, 2.45) is 7.05 Å². The molecule has 5 rings (SSSR count). The Hall–Kier alpha value is -3.93. The van der Waals surface area contributed by atoms with Gasteiger partial charge in [0.1, 0.15) is 34.3 Å². The number of nitrogens with one attached hydrogen (secondary N) is 1. The van der Waals surface area contributed by atoms with Crippen molar-refractivity contribution in [3.05, 3.63) is 63.3 Å². The summed E-state index contributed by atoms with van der Waals surface area (Å²) >= 11 is 0. The number of pyridine rings is 1. The number of nitriles is 1. The number of carbonyl (C=O) groups excluding carboxylic acids is 1. The lowest BCUT2D eigenvalue weighted by Gasteiger charge is -2.23. The smallest absolute Gasteiger partial charge is 0.263 e. The number of fused-ring (bicyclic) bond motifs is 1. The third kappa shape index (κ3) is 4.84. The number of ether oxygens (including phenoxy) is 1. The molecule has 12 nitrogen and oxygen atoms in total. The number of aliphatic hydroxyl groups is 1. The molecule has 2 aliphatic rings. The van der Waals surface area contributed by atoms with Crippen LogP contribution in [0.2, 0.25) is 0 Å². The largest absolute Gasteiger partial charge is 0.473 e. The maximum Gasteiger partial charge on any atom is 0.263 e. The minimum Gasteiger partial charge on any atom is -0.473 e. The number of amides is 1. The molecule has 2 fully saturated rings. The molecule has 1 amide bonds. The summed E-state index contributed by atoms with van der Waals surface area (Å²) in [6, 6.07) is 6.99. The van der Waals surface area contributed by atoms with Gasteiger partial charge in [-0.05, 0) is 43.0 Å². The Labute approximate surface area is 222 Å². The maximum absolute atomic E-state index is 13.9. The van der Waals surface area contributed by atoms with Gasteiger partial charge in [0.05, 0.1) is 17.9 Å². The van der Waals surface area contributed by atoms with E-state index in [4.69, 9.17) is 10.00 Å². The van der Waals surface area contributed by atoms with Crippen molar-refractivity contribution in [1.29, 1.82) is 5.26 Å². The van der Waals surface area contributed by atoms with Gasteiger partial charge in [-0.15, -0.1) is 5.10 Å². The summed E-state index contributed by atoms with van der Waals surface area (Å²) in [7, 11) is -2.28. The van der Waals surface area contributed by atoms with E-state index in [-0.39, 0.29) is 48.8 Å². The summed E-state index contributed by atoms with van der Waals surface area (Å²) in [5, 5.41) is 29.4. The van der Waals surface area contributed by atoms with Gasteiger partial charge in [-0.1, -0.05) is 6.07 Å². The predicted octanol–water partition coefficient (Wildman–Crippen LogP) is 0.577. The second kappa shape index (κ2) is 9.99. The molecule has 0 spiro atoms. The molecule has 1 aliphatic heterocycles.